The summed E-state index contributed by atoms with van der Waals surface area (Å²) in [6.07, 6.45) is 3.66. The van der Waals surface area contributed by atoms with Gasteiger partial charge >= 0.3 is 0 Å². The average molecular weight is 353 g/mol. The predicted molar refractivity (Wildman–Crippen MR) is 93.6 cm³/mol. The SMILES string of the molecule is COCC1(CNC(=O)c2cc(SC)ccc2[N+](=O)[O-])CCNCC1. The number of amides is 1. The minimum atomic E-state index is -0.519. The Morgan fingerprint density at radius 2 is 2.17 bits per heavy atom. The van der Waals surface area contributed by atoms with Gasteiger partial charge in [-0.3, -0.25) is 14.9 Å². The number of benzene rings is 1. The van der Waals surface area contributed by atoms with Crippen molar-refractivity contribution < 1.29 is 14.5 Å². The fourth-order valence-electron chi connectivity index (χ4n) is 2.98. The summed E-state index contributed by atoms with van der Waals surface area (Å²) in [6, 6.07) is 4.61. The molecule has 0 radical (unpaired) electrons. The monoisotopic (exact) mass is 353 g/mol. The lowest BCUT2D eigenvalue weighted by atomic mass is 9.79. The number of nitrogens with one attached hydrogen (secondary N) is 2. The second-order valence-electron chi connectivity index (χ2n) is 6.01. The summed E-state index contributed by atoms with van der Waals surface area (Å²) in [6.45, 7) is 2.76. The molecule has 0 aliphatic carbocycles. The molecule has 8 heteroatoms. The van der Waals surface area contributed by atoms with E-state index >= 15 is 0 Å². The zero-order valence-electron chi connectivity index (χ0n) is 14.0. The number of hydrogen-bond acceptors (Lipinski definition) is 6. The van der Waals surface area contributed by atoms with E-state index in [1.54, 1.807) is 19.2 Å². The van der Waals surface area contributed by atoms with Crippen LogP contribution in [-0.2, 0) is 4.74 Å². The Morgan fingerprint density at radius 3 is 2.75 bits per heavy atom. The molecular weight excluding hydrogens is 330 g/mol. The van der Waals surface area contributed by atoms with Gasteiger partial charge in [0.25, 0.3) is 11.6 Å². The lowest BCUT2D eigenvalue weighted by Gasteiger charge is -2.37. The zero-order chi connectivity index (χ0) is 17.6. The minimum Gasteiger partial charge on any atom is -0.384 e. The molecule has 1 aliphatic heterocycles. The molecule has 2 rings (SSSR count). The van der Waals surface area contributed by atoms with Gasteiger partial charge in [-0.15, -0.1) is 11.8 Å². The van der Waals surface area contributed by atoms with Crippen LogP contribution in [0.3, 0.4) is 0 Å². The molecule has 2 N–H and O–H groups in total. The third kappa shape index (κ3) is 4.46. The van der Waals surface area contributed by atoms with E-state index in [0.717, 1.165) is 30.8 Å². The van der Waals surface area contributed by atoms with Crippen molar-refractivity contribution in [3.63, 3.8) is 0 Å². The number of methoxy groups -OCH3 is 1. The number of ether oxygens (including phenoxy) is 1. The van der Waals surface area contributed by atoms with Gasteiger partial charge in [0, 0.05) is 30.0 Å². The van der Waals surface area contributed by atoms with Crippen molar-refractivity contribution in [1.29, 1.82) is 0 Å². The van der Waals surface area contributed by atoms with Crippen LogP contribution in [0.2, 0.25) is 0 Å². The maximum Gasteiger partial charge on any atom is 0.282 e. The summed E-state index contributed by atoms with van der Waals surface area (Å²) in [5, 5.41) is 17.4. The maximum atomic E-state index is 12.5. The molecule has 0 aromatic heterocycles. The fraction of sp³-hybridized carbons (Fsp3) is 0.562. The first-order chi connectivity index (χ1) is 11.5. The third-order valence-corrected chi connectivity index (χ3v) is 5.11. The largest absolute Gasteiger partial charge is 0.384 e. The highest BCUT2D eigenvalue weighted by Crippen LogP contribution is 2.29. The lowest BCUT2D eigenvalue weighted by Crippen LogP contribution is -2.47. The number of hydrogen-bond donors (Lipinski definition) is 2. The van der Waals surface area contributed by atoms with Gasteiger partial charge in [0.2, 0.25) is 0 Å². The number of carbonyl (C=O) groups excluding carboxylic acids is 1. The maximum absolute atomic E-state index is 12.5. The van der Waals surface area contributed by atoms with Crippen LogP contribution in [0, 0.1) is 15.5 Å². The highest BCUT2D eigenvalue weighted by molar-refractivity contribution is 7.98. The van der Waals surface area contributed by atoms with Gasteiger partial charge in [-0.1, -0.05) is 0 Å². The first-order valence-electron chi connectivity index (χ1n) is 7.82. The second kappa shape index (κ2) is 8.46. The summed E-state index contributed by atoms with van der Waals surface area (Å²) in [5.74, 6) is -0.411. The Kier molecular flexibility index (Phi) is 6.59. The molecule has 1 fully saturated rings. The molecule has 1 heterocycles. The summed E-state index contributed by atoms with van der Waals surface area (Å²) >= 11 is 1.44. The first kappa shape index (κ1) is 18.7. The summed E-state index contributed by atoms with van der Waals surface area (Å²) < 4.78 is 5.33. The number of rotatable bonds is 7. The Balaban J connectivity index is 2.15. The number of nitrogens with zero attached hydrogens (tertiary/aromatic N) is 1. The molecule has 0 spiro atoms. The lowest BCUT2D eigenvalue weighted by molar-refractivity contribution is -0.385. The van der Waals surface area contributed by atoms with E-state index in [1.807, 2.05) is 6.26 Å². The zero-order valence-corrected chi connectivity index (χ0v) is 14.8. The summed E-state index contributed by atoms with van der Waals surface area (Å²) in [5.41, 5.74) is -0.188. The van der Waals surface area contributed by atoms with Gasteiger partial charge < -0.3 is 15.4 Å². The number of nitro benzene ring substituents is 1. The van der Waals surface area contributed by atoms with Crippen molar-refractivity contribution in [2.45, 2.75) is 17.7 Å². The smallest absolute Gasteiger partial charge is 0.282 e. The van der Waals surface area contributed by atoms with Crippen LogP contribution in [0.5, 0.6) is 0 Å². The average Bonchev–Trinajstić information content (AvgIpc) is 2.60. The highest BCUT2D eigenvalue weighted by atomic mass is 32.2. The Bertz CT molecular complexity index is 597. The molecule has 1 aromatic carbocycles. The minimum absolute atomic E-state index is 0.105. The van der Waals surface area contributed by atoms with E-state index in [1.165, 1.54) is 17.8 Å². The van der Waals surface area contributed by atoms with E-state index in [2.05, 4.69) is 10.6 Å². The van der Waals surface area contributed by atoms with E-state index in [9.17, 15) is 14.9 Å². The summed E-state index contributed by atoms with van der Waals surface area (Å²) in [4.78, 5) is 24.0. The molecule has 0 bridgehead atoms. The Morgan fingerprint density at radius 1 is 1.46 bits per heavy atom. The molecule has 0 saturated carbocycles. The van der Waals surface area contributed by atoms with Crippen LogP contribution in [0.25, 0.3) is 0 Å². The number of thioether (sulfide) groups is 1. The molecule has 24 heavy (non-hydrogen) atoms. The van der Waals surface area contributed by atoms with Gasteiger partial charge in [0.1, 0.15) is 5.56 Å². The van der Waals surface area contributed by atoms with E-state index in [4.69, 9.17) is 4.74 Å². The van der Waals surface area contributed by atoms with Crippen molar-refractivity contribution in [2.24, 2.45) is 5.41 Å². The Hall–Kier alpha value is -1.64. The molecule has 132 valence electrons. The van der Waals surface area contributed by atoms with E-state index in [0.29, 0.717) is 13.2 Å². The first-order valence-corrected chi connectivity index (χ1v) is 9.04. The molecule has 0 unspecified atom stereocenters. The van der Waals surface area contributed by atoms with Crippen LogP contribution in [0.15, 0.2) is 23.1 Å². The molecule has 1 saturated heterocycles. The van der Waals surface area contributed by atoms with Crippen molar-refractivity contribution in [2.75, 3.05) is 39.6 Å². The molecule has 1 aromatic rings. The number of piperidine rings is 1. The van der Waals surface area contributed by atoms with Gasteiger partial charge in [-0.05, 0) is 44.3 Å². The predicted octanol–water partition coefficient (Wildman–Crippen LogP) is 2.06. The number of carbonyl (C=O) groups is 1. The van der Waals surface area contributed by atoms with Crippen molar-refractivity contribution >= 4 is 23.4 Å². The fourth-order valence-corrected chi connectivity index (χ4v) is 3.42. The van der Waals surface area contributed by atoms with E-state index < -0.39 is 10.8 Å². The summed E-state index contributed by atoms with van der Waals surface area (Å²) in [7, 11) is 1.65. The van der Waals surface area contributed by atoms with Crippen LogP contribution < -0.4 is 10.6 Å². The van der Waals surface area contributed by atoms with Gasteiger partial charge in [0.05, 0.1) is 11.5 Å². The van der Waals surface area contributed by atoms with Crippen LogP contribution >= 0.6 is 11.8 Å². The molecule has 0 atom stereocenters. The third-order valence-electron chi connectivity index (χ3n) is 4.38. The van der Waals surface area contributed by atoms with E-state index in [-0.39, 0.29) is 16.7 Å². The standard InChI is InChI=1S/C16H23N3O4S/c1-23-11-16(5-7-17-8-6-16)10-18-15(20)13-9-12(24-2)3-4-14(13)19(21)22/h3-4,9,17H,5-8,10-11H2,1-2H3,(H,18,20). The quantitative estimate of drug-likeness (QED) is 0.443. The normalized spacial score (nSPS) is 16.6. The molecule has 7 nitrogen and oxygen atoms in total. The van der Waals surface area contributed by atoms with Crippen molar-refractivity contribution in [3.05, 3.63) is 33.9 Å². The highest BCUT2D eigenvalue weighted by Gasteiger charge is 2.33. The van der Waals surface area contributed by atoms with Crippen LogP contribution in [0.4, 0.5) is 5.69 Å². The van der Waals surface area contributed by atoms with Gasteiger partial charge in [0.15, 0.2) is 0 Å². The van der Waals surface area contributed by atoms with Gasteiger partial charge in [-0.2, -0.15) is 0 Å². The van der Waals surface area contributed by atoms with Crippen LogP contribution in [0.1, 0.15) is 23.2 Å². The van der Waals surface area contributed by atoms with Gasteiger partial charge in [-0.25, -0.2) is 0 Å². The number of nitro groups is 1. The van der Waals surface area contributed by atoms with Crippen molar-refractivity contribution in [3.8, 4) is 0 Å². The molecule has 1 aliphatic rings. The Labute approximate surface area is 145 Å². The van der Waals surface area contributed by atoms with Crippen molar-refractivity contribution in [1.82, 2.24) is 10.6 Å². The van der Waals surface area contributed by atoms with Crippen LogP contribution in [-0.4, -0.2) is 50.4 Å². The second-order valence-corrected chi connectivity index (χ2v) is 6.89. The topological polar surface area (TPSA) is 93.5 Å². The molecule has 1 amide bonds. The molecular formula is C16H23N3O4S.